The van der Waals surface area contributed by atoms with E-state index in [4.69, 9.17) is 17.0 Å². The minimum absolute atomic E-state index is 0.204. The number of likely N-dealkylation sites (tertiary alicyclic amines) is 1. The zero-order valence-electron chi connectivity index (χ0n) is 8.58. The molecule has 0 spiro atoms. The van der Waals surface area contributed by atoms with Crippen LogP contribution in [0.2, 0.25) is 0 Å². The summed E-state index contributed by atoms with van der Waals surface area (Å²) in [5.41, 5.74) is 0. The molecule has 1 aliphatic heterocycles. The van der Waals surface area contributed by atoms with Gasteiger partial charge in [0.2, 0.25) is 0 Å². The molecule has 0 aromatic carbocycles. The molecule has 76 valence electrons. The zero-order valence-corrected chi connectivity index (χ0v) is 9.40. The van der Waals surface area contributed by atoms with E-state index >= 15 is 0 Å². The van der Waals surface area contributed by atoms with Crippen molar-refractivity contribution in [3.63, 3.8) is 0 Å². The number of rotatable bonds is 1. The van der Waals surface area contributed by atoms with Gasteiger partial charge in [0.25, 0.3) is 5.17 Å². The molecule has 1 saturated heterocycles. The maximum absolute atomic E-state index is 5.50. The molecule has 0 saturated carbocycles. The summed E-state index contributed by atoms with van der Waals surface area (Å²) in [6.45, 7) is 6.19. The van der Waals surface area contributed by atoms with Crippen molar-refractivity contribution in [3.05, 3.63) is 0 Å². The van der Waals surface area contributed by atoms with Crippen LogP contribution in [-0.2, 0) is 4.74 Å². The van der Waals surface area contributed by atoms with Gasteiger partial charge in [0.05, 0.1) is 6.10 Å². The summed E-state index contributed by atoms with van der Waals surface area (Å²) < 4.78 is 5.50. The average Bonchev–Trinajstić information content (AvgIpc) is 2.29. The molecule has 0 aromatic rings. The second-order valence-corrected chi connectivity index (χ2v) is 4.18. The molecule has 13 heavy (non-hydrogen) atoms. The highest BCUT2D eigenvalue weighted by molar-refractivity contribution is 7.80. The minimum atomic E-state index is 0.204. The zero-order chi connectivity index (χ0) is 9.68. The van der Waals surface area contributed by atoms with Crippen molar-refractivity contribution in [2.24, 2.45) is 0 Å². The maximum Gasteiger partial charge on any atom is 0.259 e. The van der Waals surface area contributed by atoms with Gasteiger partial charge in [-0.3, -0.25) is 0 Å². The molecule has 0 radical (unpaired) electrons. The summed E-state index contributed by atoms with van der Waals surface area (Å²) in [7, 11) is 0. The summed E-state index contributed by atoms with van der Waals surface area (Å²) in [4.78, 5) is 2.20. The van der Waals surface area contributed by atoms with E-state index in [0.717, 1.165) is 13.1 Å². The van der Waals surface area contributed by atoms with Crippen LogP contribution in [0, 0.1) is 0 Å². The summed E-state index contributed by atoms with van der Waals surface area (Å²) in [5.74, 6) is 0. The second-order valence-electron chi connectivity index (χ2n) is 3.83. The van der Waals surface area contributed by atoms with Crippen LogP contribution >= 0.6 is 12.2 Å². The second kappa shape index (κ2) is 5.43. The van der Waals surface area contributed by atoms with Gasteiger partial charge in [-0.1, -0.05) is 12.8 Å². The highest BCUT2D eigenvalue weighted by atomic mass is 32.1. The van der Waals surface area contributed by atoms with Crippen LogP contribution in [0.5, 0.6) is 0 Å². The van der Waals surface area contributed by atoms with E-state index in [2.05, 4.69) is 4.90 Å². The quantitative estimate of drug-likeness (QED) is 0.605. The van der Waals surface area contributed by atoms with E-state index in [1.165, 1.54) is 25.7 Å². The molecule has 1 rings (SSSR count). The van der Waals surface area contributed by atoms with Gasteiger partial charge in [0.1, 0.15) is 0 Å². The first-order valence-electron chi connectivity index (χ1n) is 5.15. The highest BCUT2D eigenvalue weighted by Crippen LogP contribution is 2.11. The first kappa shape index (κ1) is 10.8. The summed E-state index contributed by atoms with van der Waals surface area (Å²) >= 11 is 5.21. The van der Waals surface area contributed by atoms with Gasteiger partial charge < -0.3 is 9.64 Å². The van der Waals surface area contributed by atoms with Gasteiger partial charge in [0, 0.05) is 13.1 Å². The van der Waals surface area contributed by atoms with E-state index in [0.29, 0.717) is 5.17 Å². The van der Waals surface area contributed by atoms with E-state index in [9.17, 15) is 0 Å². The smallest absolute Gasteiger partial charge is 0.259 e. The molecular weight excluding hydrogens is 182 g/mol. The molecular formula is C10H19NOS. The van der Waals surface area contributed by atoms with E-state index in [1.54, 1.807) is 0 Å². The van der Waals surface area contributed by atoms with Crippen LogP contribution in [-0.4, -0.2) is 29.3 Å². The Morgan fingerprint density at radius 3 is 2.15 bits per heavy atom. The Labute approximate surface area is 86.3 Å². The lowest BCUT2D eigenvalue weighted by Gasteiger charge is -2.24. The van der Waals surface area contributed by atoms with Crippen LogP contribution in [0.25, 0.3) is 0 Å². The van der Waals surface area contributed by atoms with Gasteiger partial charge in [-0.2, -0.15) is 0 Å². The van der Waals surface area contributed by atoms with E-state index in [1.807, 2.05) is 13.8 Å². The molecule has 0 atom stereocenters. The minimum Gasteiger partial charge on any atom is -0.468 e. The van der Waals surface area contributed by atoms with Gasteiger partial charge in [-0.15, -0.1) is 0 Å². The van der Waals surface area contributed by atoms with Gasteiger partial charge in [0.15, 0.2) is 0 Å². The monoisotopic (exact) mass is 201 g/mol. The molecule has 2 nitrogen and oxygen atoms in total. The SMILES string of the molecule is CC(C)OC(=S)N1CCCCCC1. The third kappa shape index (κ3) is 3.94. The lowest BCUT2D eigenvalue weighted by atomic mass is 10.2. The van der Waals surface area contributed by atoms with Crippen molar-refractivity contribution < 1.29 is 4.74 Å². The van der Waals surface area contributed by atoms with Crippen LogP contribution in [0.1, 0.15) is 39.5 Å². The Kier molecular flexibility index (Phi) is 4.50. The van der Waals surface area contributed by atoms with Crippen molar-refractivity contribution >= 4 is 17.4 Å². The van der Waals surface area contributed by atoms with Gasteiger partial charge >= 0.3 is 0 Å². The summed E-state index contributed by atoms with van der Waals surface area (Å²) in [6.07, 6.45) is 5.38. The van der Waals surface area contributed by atoms with Crippen molar-refractivity contribution in [1.82, 2.24) is 4.90 Å². The lowest BCUT2D eigenvalue weighted by molar-refractivity contribution is 0.188. The number of ether oxygens (including phenoxy) is 1. The molecule has 3 heteroatoms. The normalized spacial score (nSPS) is 18.5. The van der Waals surface area contributed by atoms with Crippen molar-refractivity contribution in [3.8, 4) is 0 Å². The topological polar surface area (TPSA) is 12.5 Å². The molecule has 1 aliphatic rings. The third-order valence-electron chi connectivity index (χ3n) is 2.20. The summed E-state index contributed by atoms with van der Waals surface area (Å²) in [5, 5.41) is 0.692. The lowest BCUT2D eigenvalue weighted by Crippen LogP contribution is -2.33. The number of thiocarbonyl (C=S) groups is 1. The number of hydrogen-bond acceptors (Lipinski definition) is 2. The van der Waals surface area contributed by atoms with Crippen molar-refractivity contribution in [2.75, 3.05) is 13.1 Å². The van der Waals surface area contributed by atoms with Crippen LogP contribution in [0.15, 0.2) is 0 Å². The predicted octanol–water partition coefficient (Wildman–Crippen LogP) is 2.57. The fourth-order valence-electron chi connectivity index (χ4n) is 1.53. The largest absolute Gasteiger partial charge is 0.468 e. The molecule has 1 fully saturated rings. The highest BCUT2D eigenvalue weighted by Gasteiger charge is 2.13. The molecule has 0 amide bonds. The fourth-order valence-corrected chi connectivity index (χ4v) is 1.90. The maximum atomic E-state index is 5.50. The number of nitrogens with zero attached hydrogens (tertiary/aromatic N) is 1. The first-order valence-corrected chi connectivity index (χ1v) is 5.56. The van der Waals surface area contributed by atoms with Crippen molar-refractivity contribution in [2.45, 2.75) is 45.6 Å². The van der Waals surface area contributed by atoms with E-state index < -0.39 is 0 Å². The standard InChI is InChI=1S/C10H19NOS/c1-9(2)12-10(13)11-7-5-3-4-6-8-11/h9H,3-8H2,1-2H3. The third-order valence-corrected chi connectivity index (χ3v) is 2.56. The van der Waals surface area contributed by atoms with E-state index in [-0.39, 0.29) is 6.10 Å². The Morgan fingerprint density at radius 2 is 1.69 bits per heavy atom. The number of hydrogen-bond donors (Lipinski definition) is 0. The Balaban J connectivity index is 2.35. The first-order chi connectivity index (χ1) is 6.20. The van der Waals surface area contributed by atoms with Crippen LogP contribution in [0.4, 0.5) is 0 Å². The molecule has 0 bridgehead atoms. The molecule has 0 N–H and O–H groups in total. The van der Waals surface area contributed by atoms with Gasteiger partial charge in [-0.25, -0.2) is 0 Å². The van der Waals surface area contributed by atoms with Crippen molar-refractivity contribution in [1.29, 1.82) is 0 Å². The van der Waals surface area contributed by atoms with Crippen LogP contribution < -0.4 is 0 Å². The molecule has 0 unspecified atom stereocenters. The predicted molar refractivity (Wildman–Crippen MR) is 58.9 cm³/mol. The Bertz CT molecular complexity index is 162. The summed E-state index contributed by atoms with van der Waals surface area (Å²) in [6, 6.07) is 0. The van der Waals surface area contributed by atoms with Gasteiger partial charge in [-0.05, 0) is 38.9 Å². The molecule has 1 heterocycles. The Morgan fingerprint density at radius 1 is 1.15 bits per heavy atom. The molecule has 0 aromatic heterocycles. The Hall–Kier alpha value is -0.310. The molecule has 0 aliphatic carbocycles. The van der Waals surface area contributed by atoms with Crippen LogP contribution in [0.3, 0.4) is 0 Å². The fraction of sp³-hybridized carbons (Fsp3) is 0.900. The average molecular weight is 201 g/mol.